The lowest BCUT2D eigenvalue weighted by atomic mass is 9.95. The summed E-state index contributed by atoms with van der Waals surface area (Å²) in [6, 6.07) is 4.20. The minimum atomic E-state index is -0.704. The zero-order chi connectivity index (χ0) is 18.8. The highest BCUT2D eigenvalue weighted by Gasteiger charge is 2.22. The van der Waals surface area contributed by atoms with E-state index in [0.29, 0.717) is 24.1 Å². The molecule has 0 atom stereocenters. The van der Waals surface area contributed by atoms with Crippen molar-refractivity contribution in [2.75, 3.05) is 11.9 Å². The third-order valence-electron chi connectivity index (χ3n) is 4.81. The average molecular weight is 373 g/mol. The SMILES string of the molecule is CN(Cc1nnnn1C1CCCCC1)c1noc(-c2ccc(F)c(O)c2)n1. The molecule has 3 aromatic rings. The minimum Gasteiger partial charge on any atom is -0.505 e. The number of anilines is 1. The molecule has 9 nitrogen and oxygen atoms in total. The lowest BCUT2D eigenvalue weighted by molar-refractivity contribution is 0.316. The second-order valence-corrected chi connectivity index (χ2v) is 6.75. The summed E-state index contributed by atoms with van der Waals surface area (Å²) in [5.41, 5.74) is 0.438. The Bertz CT molecular complexity index is 920. The van der Waals surface area contributed by atoms with Gasteiger partial charge in [-0.1, -0.05) is 19.3 Å². The summed E-state index contributed by atoms with van der Waals surface area (Å²) in [7, 11) is 1.82. The molecule has 27 heavy (non-hydrogen) atoms. The van der Waals surface area contributed by atoms with Gasteiger partial charge in [-0.2, -0.15) is 4.98 Å². The molecule has 1 aromatic carbocycles. The van der Waals surface area contributed by atoms with Crippen LogP contribution in [-0.4, -0.2) is 42.5 Å². The number of hydrogen-bond donors (Lipinski definition) is 1. The van der Waals surface area contributed by atoms with Crippen molar-refractivity contribution in [2.24, 2.45) is 0 Å². The number of hydrogen-bond acceptors (Lipinski definition) is 8. The molecular weight excluding hydrogens is 353 g/mol. The highest BCUT2D eigenvalue weighted by Crippen LogP contribution is 2.29. The van der Waals surface area contributed by atoms with Crippen LogP contribution in [0.5, 0.6) is 5.75 Å². The van der Waals surface area contributed by atoms with E-state index in [9.17, 15) is 9.50 Å². The van der Waals surface area contributed by atoms with Crippen LogP contribution in [0.2, 0.25) is 0 Å². The van der Waals surface area contributed by atoms with Gasteiger partial charge in [0.2, 0.25) is 0 Å². The van der Waals surface area contributed by atoms with Crippen LogP contribution in [0, 0.1) is 5.82 Å². The van der Waals surface area contributed by atoms with Gasteiger partial charge in [0, 0.05) is 12.6 Å². The van der Waals surface area contributed by atoms with E-state index in [0.717, 1.165) is 24.7 Å². The average Bonchev–Trinajstić information content (AvgIpc) is 3.34. The molecule has 1 N–H and O–H groups in total. The van der Waals surface area contributed by atoms with Crippen molar-refractivity contribution >= 4 is 5.95 Å². The number of aromatic hydroxyl groups is 1. The van der Waals surface area contributed by atoms with Gasteiger partial charge in [-0.15, -0.1) is 5.10 Å². The second-order valence-electron chi connectivity index (χ2n) is 6.75. The van der Waals surface area contributed by atoms with Gasteiger partial charge >= 0.3 is 0 Å². The Morgan fingerprint density at radius 3 is 2.89 bits per heavy atom. The van der Waals surface area contributed by atoms with Crippen molar-refractivity contribution in [3.63, 3.8) is 0 Å². The first-order valence-corrected chi connectivity index (χ1v) is 8.92. The second kappa shape index (κ2) is 7.29. The number of nitrogens with zero attached hydrogens (tertiary/aromatic N) is 7. The first-order valence-electron chi connectivity index (χ1n) is 8.92. The van der Waals surface area contributed by atoms with Gasteiger partial charge in [0.15, 0.2) is 17.4 Å². The maximum absolute atomic E-state index is 13.2. The van der Waals surface area contributed by atoms with Crippen LogP contribution in [0.15, 0.2) is 22.7 Å². The van der Waals surface area contributed by atoms with Crippen molar-refractivity contribution in [2.45, 2.75) is 44.7 Å². The highest BCUT2D eigenvalue weighted by molar-refractivity contribution is 5.57. The zero-order valence-electron chi connectivity index (χ0n) is 14.9. The van der Waals surface area contributed by atoms with E-state index in [1.54, 1.807) is 4.90 Å². The van der Waals surface area contributed by atoms with Crippen LogP contribution in [-0.2, 0) is 6.54 Å². The number of aromatic nitrogens is 6. The van der Waals surface area contributed by atoms with Crippen LogP contribution in [0.3, 0.4) is 0 Å². The molecule has 0 saturated heterocycles. The first kappa shape index (κ1) is 17.4. The maximum Gasteiger partial charge on any atom is 0.266 e. The number of rotatable bonds is 5. The van der Waals surface area contributed by atoms with Gasteiger partial charge in [-0.25, -0.2) is 9.07 Å². The molecule has 0 unspecified atom stereocenters. The number of phenols is 1. The molecule has 0 amide bonds. The fourth-order valence-electron chi connectivity index (χ4n) is 3.34. The van der Waals surface area contributed by atoms with E-state index in [1.807, 2.05) is 11.7 Å². The summed E-state index contributed by atoms with van der Waals surface area (Å²) in [5.74, 6) is 0.124. The quantitative estimate of drug-likeness (QED) is 0.728. The molecule has 1 aliphatic rings. The Labute approximate surface area is 154 Å². The summed E-state index contributed by atoms with van der Waals surface area (Å²) in [5, 5.41) is 25.6. The van der Waals surface area contributed by atoms with Gasteiger partial charge < -0.3 is 14.5 Å². The fourth-order valence-corrected chi connectivity index (χ4v) is 3.34. The molecule has 1 fully saturated rings. The third kappa shape index (κ3) is 3.60. The van der Waals surface area contributed by atoms with E-state index >= 15 is 0 Å². The Morgan fingerprint density at radius 1 is 1.30 bits per heavy atom. The van der Waals surface area contributed by atoms with Gasteiger partial charge in [0.25, 0.3) is 11.8 Å². The van der Waals surface area contributed by atoms with E-state index in [1.165, 1.54) is 31.4 Å². The molecule has 0 spiro atoms. The maximum atomic E-state index is 13.2. The Morgan fingerprint density at radius 2 is 2.11 bits per heavy atom. The molecule has 2 heterocycles. The van der Waals surface area contributed by atoms with Crippen molar-refractivity contribution < 1.29 is 14.0 Å². The van der Waals surface area contributed by atoms with Crippen LogP contribution in [0.25, 0.3) is 11.5 Å². The Balaban J connectivity index is 1.49. The summed E-state index contributed by atoms with van der Waals surface area (Å²) in [4.78, 5) is 6.09. The predicted molar refractivity (Wildman–Crippen MR) is 93.4 cm³/mol. The van der Waals surface area contributed by atoms with E-state index in [2.05, 4.69) is 25.7 Å². The lowest BCUT2D eigenvalue weighted by Gasteiger charge is -2.23. The topological polar surface area (TPSA) is 106 Å². The highest BCUT2D eigenvalue weighted by atomic mass is 19.1. The van der Waals surface area contributed by atoms with E-state index in [4.69, 9.17) is 4.52 Å². The summed E-state index contributed by atoms with van der Waals surface area (Å²) >= 11 is 0. The Hall–Kier alpha value is -3.04. The van der Waals surface area contributed by atoms with E-state index in [-0.39, 0.29) is 5.89 Å². The van der Waals surface area contributed by atoms with Gasteiger partial charge in [0.1, 0.15) is 0 Å². The van der Waals surface area contributed by atoms with Gasteiger partial charge in [-0.3, -0.25) is 0 Å². The molecule has 0 aliphatic heterocycles. The summed E-state index contributed by atoms with van der Waals surface area (Å²) in [6.07, 6.45) is 5.82. The first-order chi connectivity index (χ1) is 13.1. The van der Waals surface area contributed by atoms with Crippen LogP contribution < -0.4 is 4.90 Å². The molecule has 1 aliphatic carbocycles. The van der Waals surface area contributed by atoms with Gasteiger partial charge in [0.05, 0.1) is 12.6 Å². The number of tetrazole rings is 1. The third-order valence-corrected chi connectivity index (χ3v) is 4.81. The molecule has 142 valence electrons. The van der Waals surface area contributed by atoms with Crippen molar-refractivity contribution in [1.82, 2.24) is 30.3 Å². The number of halogens is 1. The number of phenolic OH excluding ortho intramolecular Hbond substituents is 1. The summed E-state index contributed by atoms with van der Waals surface area (Å²) < 4.78 is 20.3. The van der Waals surface area contributed by atoms with Crippen LogP contribution in [0.1, 0.15) is 44.0 Å². The molecule has 2 aromatic heterocycles. The van der Waals surface area contributed by atoms with E-state index < -0.39 is 11.6 Å². The molecule has 1 saturated carbocycles. The molecule has 4 rings (SSSR count). The molecule has 0 bridgehead atoms. The predicted octanol–water partition coefficient (Wildman–Crippen LogP) is 2.71. The largest absolute Gasteiger partial charge is 0.505 e. The van der Waals surface area contributed by atoms with Crippen molar-refractivity contribution in [3.8, 4) is 17.2 Å². The number of benzene rings is 1. The lowest BCUT2D eigenvalue weighted by Crippen LogP contribution is -2.24. The van der Waals surface area contributed by atoms with Crippen molar-refractivity contribution in [1.29, 1.82) is 0 Å². The molecule has 0 radical (unpaired) electrons. The molecule has 10 heteroatoms. The normalized spacial score (nSPS) is 15.2. The Kier molecular flexibility index (Phi) is 4.69. The van der Waals surface area contributed by atoms with Gasteiger partial charge in [-0.05, 0) is 46.6 Å². The smallest absolute Gasteiger partial charge is 0.266 e. The fraction of sp³-hybridized carbons (Fsp3) is 0.471. The minimum absolute atomic E-state index is 0.194. The summed E-state index contributed by atoms with van der Waals surface area (Å²) in [6.45, 7) is 0.428. The van der Waals surface area contributed by atoms with Crippen LogP contribution >= 0.6 is 0 Å². The monoisotopic (exact) mass is 373 g/mol. The zero-order valence-corrected chi connectivity index (χ0v) is 14.9. The standard InChI is InChI=1S/C17H20FN7O2/c1-24(10-15-20-22-23-25(15)12-5-3-2-4-6-12)17-19-16(27-21-17)11-7-8-13(18)14(26)9-11/h7-9,12,26H,2-6,10H2,1H3. The molecular formula is C17H20FN7O2. The van der Waals surface area contributed by atoms with Crippen LogP contribution in [0.4, 0.5) is 10.3 Å². The van der Waals surface area contributed by atoms with Crippen molar-refractivity contribution in [3.05, 3.63) is 29.8 Å².